The number of halogens is 1. The molecular weight excluding hydrogens is 411 g/mol. The van der Waals surface area contributed by atoms with Crippen LogP contribution in [0.1, 0.15) is 19.5 Å². The van der Waals surface area contributed by atoms with Gasteiger partial charge in [-0.3, -0.25) is 0 Å². The van der Waals surface area contributed by atoms with E-state index in [1.807, 2.05) is 18.2 Å². The fraction of sp³-hybridized carbons (Fsp3) is 0.333. The molecule has 8 heteroatoms. The Morgan fingerprint density at radius 1 is 1.12 bits per heavy atom. The second-order valence-electron chi connectivity index (χ2n) is 7.15. The third-order valence-electron chi connectivity index (χ3n) is 5.00. The SMILES string of the molecule is CCN(CC)CCOc1ccccc1NC(=O)NCCc1coc(-c2ccc(F)cc2)n1. The highest BCUT2D eigenvalue weighted by Crippen LogP contribution is 2.23. The molecule has 2 aromatic carbocycles. The Hall–Kier alpha value is -3.39. The van der Waals surface area contributed by atoms with E-state index in [-0.39, 0.29) is 11.8 Å². The smallest absolute Gasteiger partial charge is 0.319 e. The fourth-order valence-electron chi connectivity index (χ4n) is 3.14. The molecule has 0 saturated heterocycles. The summed E-state index contributed by atoms with van der Waals surface area (Å²) in [5.41, 5.74) is 2.01. The van der Waals surface area contributed by atoms with Crippen molar-refractivity contribution in [3.05, 3.63) is 66.3 Å². The number of carbonyl (C=O) groups is 1. The van der Waals surface area contributed by atoms with Gasteiger partial charge in [0.2, 0.25) is 5.89 Å². The predicted molar refractivity (Wildman–Crippen MR) is 122 cm³/mol. The topological polar surface area (TPSA) is 79.6 Å². The number of amides is 2. The van der Waals surface area contributed by atoms with Gasteiger partial charge in [-0.2, -0.15) is 0 Å². The van der Waals surface area contributed by atoms with Gasteiger partial charge >= 0.3 is 6.03 Å². The number of para-hydroxylation sites is 2. The number of likely N-dealkylation sites (N-methyl/N-ethyl adjacent to an activating group) is 1. The minimum Gasteiger partial charge on any atom is -0.490 e. The maximum absolute atomic E-state index is 13.0. The van der Waals surface area contributed by atoms with Gasteiger partial charge in [0.1, 0.15) is 24.4 Å². The van der Waals surface area contributed by atoms with E-state index in [0.29, 0.717) is 48.2 Å². The normalized spacial score (nSPS) is 10.9. The Morgan fingerprint density at radius 2 is 1.88 bits per heavy atom. The summed E-state index contributed by atoms with van der Waals surface area (Å²) in [5, 5.41) is 5.64. The van der Waals surface area contributed by atoms with Crippen LogP contribution in [-0.2, 0) is 6.42 Å². The number of anilines is 1. The molecule has 1 aromatic heterocycles. The maximum Gasteiger partial charge on any atom is 0.319 e. The van der Waals surface area contributed by atoms with Crippen LogP contribution in [0.25, 0.3) is 11.5 Å². The molecular formula is C24H29FN4O3. The van der Waals surface area contributed by atoms with Crippen LogP contribution in [0.4, 0.5) is 14.9 Å². The summed E-state index contributed by atoms with van der Waals surface area (Å²) in [6.45, 7) is 7.93. The number of urea groups is 1. The number of carbonyl (C=O) groups excluding carboxylic acids is 1. The lowest BCUT2D eigenvalue weighted by atomic mass is 10.2. The Kier molecular flexibility index (Phi) is 8.62. The number of nitrogens with one attached hydrogen (secondary N) is 2. The monoisotopic (exact) mass is 440 g/mol. The third kappa shape index (κ3) is 6.81. The molecule has 0 aliphatic carbocycles. The van der Waals surface area contributed by atoms with Crippen LogP contribution in [0.15, 0.2) is 59.2 Å². The molecule has 7 nitrogen and oxygen atoms in total. The molecule has 2 N–H and O–H groups in total. The molecule has 0 spiro atoms. The Balaban J connectivity index is 1.46. The predicted octanol–water partition coefficient (Wildman–Crippen LogP) is 4.57. The van der Waals surface area contributed by atoms with Gasteiger partial charge in [-0.05, 0) is 49.5 Å². The van der Waals surface area contributed by atoms with Gasteiger partial charge in [0, 0.05) is 25.1 Å². The van der Waals surface area contributed by atoms with Crippen molar-refractivity contribution in [3.63, 3.8) is 0 Å². The van der Waals surface area contributed by atoms with E-state index in [1.165, 1.54) is 18.4 Å². The van der Waals surface area contributed by atoms with Crippen LogP contribution < -0.4 is 15.4 Å². The van der Waals surface area contributed by atoms with Gasteiger partial charge in [-0.15, -0.1) is 0 Å². The molecule has 1 heterocycles. The van der Waals surface area contributed by atoms with Crippen molar-refractivity contribution >= 4 is 11.7 Å². The van der Waals surface area contributed by atoms with Gasteiger partial charge in [0.15, 0.2) is 0 Å². The first kappa shape index (κ1) is 23.3. The quantitative estimate of drug-likeness (QED) is 0.457. The van der Waals surface area contributed by atoms with E-state index in [4.69, 9.17) is 9.15 Å². The Labute approximate surface area is 187 Å². The largest absolute Gasteiger partial charge is 0.490 e. The summed E-state index contributed by atoms with van der Waals surface area (Å²) in [6.07, 6.45) is 2.04. The first-order valence-electron chi connectivity index (χ1n) is 10.8. The number of ether oxygens (including phenoxy) is 1. The van der Waals surface area contributed by atoms with E-state index in [2.05, 4.69) is 34.4 Å². The maximum atomic E-state index is 13.0. The number of aromatic nitrogens is 1. The summed E-state index contributed by atoms with van der Waals surface area (Å²) in [4.78, 5) is 19.0. The summed E-state index contributed by atoms with van der Waals surface area (Å²) in [5.74, 6) is 0.738. The molecule has 3 aromatic rings. The molecule has 0 saturated carbocycles. The van der Waals surface area contributed by atoms with Crippen LogP contribution >= 0.6 is 0 Å². The van der Waals surface area contributed by atoms with Crippen molar-refractivity contribution in [3.8, 4) is 17.2 Å². The van der Waals surface area contributed by atoms with Gasteiger partial charge in [0.05, 0.1) is 11.4 Å². The molecule has 0 aliphatic rings. The zero-order chi connectivity index (χ0) is 22.8. The Morgan fingerprint density at radius 3 is 2.62 bits per heavy atom. The van der Waals surface area contributed by atoms with E-state index in [1.54, 1.807) is 18.2 Å². The van der Waals surface area contributed by atoms with Gasteiger partial charge in [0.25, 0.3) is 0 Å². The number of benzene rings is 2. The molecule has 0 unspecified atom stereocenters. The van der Waals surface area contributed by atoms with Crippen molar-refractivity contribution in [1.29, 1.82) is 0 Å². The highest BCUT2D eigenvalue weighted by atomic mass is 19.1. The van der Waals surface area contributed by atoms with Crippen LogP contribution in [-0.4, -0.2) is 48.7 Å². The first-order chi connectivity index (χ1) is 15.6. The standard InChI is InChI=1S/C24H29FN4O3/c1-3-29(4-2)15-16-31-22-8-6-5-7-21(22)28-24(30)26-14-13-20-17-32-23(27-20)18-9-11-19(25)12-10-18/h5-12,17H,3-4,13-16H2,1-2H3,(H2,26,28,30). The van der Waals surface area contributed by atoms with Gasteiger partial charge in [-0.1, -0.05) is 26.0 Å². The molecule has 0 fully saturated rings. The summed E-state index contributed by atoms with van der Waals surface area (Å²) in [7, 11) is 0. The lowest BCUT2D eigenvalue weighted by Gasteiger charge is -2.19. The molecule has 0 radical (unpaired) electrons. The third-order valence-corrected chi connectivity index (χ3v) is 5.00. The van der Waals surface area contributed by atoms with Crippen LogP contribution in [0.2, 0.25) is 0 Å². The molecule has 2 amide bonds. The average Bonchev–Trinajstić information content (AvgIpc) is 3.27. The minimum absolute atomic E-state index is 0.313. The van der Waals surface area contributed by atoms with E-state index >= 15 is 0 Å². The van der Waals surface area contributed by atoms with Crippen LogP contribution in [0.5, 0.6) is 5.75 Å². The molecule has 0 bridgehead atoms. The number of oxazole rings is 1. The zero-order valence-corrected chi connectivity index (χ0v) is 18.4. The molecule has 170 valence electrons. The lowest BCUT2D eigenvalue weighted by molar-refractivity contribution is 0.223. The summed E-state index contributed by atoms with van der Waals surface area (Å²) < 4.78 is 24.4. The highest BCUT2D eigenvalue weighted by molar-refractivity contribution is 5.90. The number of rotatable bonds is 11. The van der Waals surface area contributed by atoms with Crippen molar-refractivity contribution in [1.82, 2.24) is 15.2 Å². The van der Waals surface area contributed by atoms with Crippen LogP contribution in [0.3, 0.4) is 0 Å². The molecule has 0 aliphatic heterocycles. The molecule has 32 heavy (non-hydrogen) atoms. The second kappa shape index (κ2) is 11.9. The van der Waals surface area contributed by atoms with Gasteiger partial charge in [-0.25, -0.2) is 14.2 Å². The number of hydrogen-bond acceptors (Lipinski definition) is 5. The van der Waals surface area contributed by atoms with E-state index in [0.717, 1.165) is 19.6 Å². The number of hydrogen-bond donors (Lipinski definition) is 2. The highest BCUT2D eigenvalue weighted by Gasteiger charge is 2.10. The van der Waals surface area contributed by atoms with Crippen molar-refractivity contribution in [2.45, 2.75) is 20.3 Å². The molecule has 0 atom stereocenters. The first-order valence-corrected chi connectivity index (χ1v) is 10.8. The van der Waals surface area contributed by atoms with E-state index in [9.17, 15) is 9.18 Å². The summed E-state index contributed by atoms with van der Waals surface area (Å²) in [6, 6.07) is 13.0. The zero-order valence-electron chi connectivity index (χ0n) is 18.4. The lowest BCUT2D eigenvalue weighted by Crippen LogP contribution is -2.31. The fourth-order valence-corrected chi connectivity index (χ4v) is 3.14. The van der Waals surface area contributed by atoms with E-state index < -0.39 is 0 Å². The summed E-state index contributed by atoms with van der Waals surface area (Å²) >= 11 is 0. The van der Waals surface area contributed by atoms with Crippen molar-refractivity contribution in [2.75, 3.05) is 38.1 Å². The average molecular weight is 441 g/mol. The Bertz CT molecular complexity index is 987. The van der Waals surface area contributed by atoms with Crippen LogP contribution in [0, 0.1) is 5.82 Å². The van der Waals surface area contributed by atoms with Gasteiger partial charge < -0.3 is 24.7 Å². The van der Waals surface area contributed by atoms with Crippen molar-refractivity contribution < 1.29 is 18.3 Å². The van der Waals surface area contributed by atoms with Crippen molar-refractivity contribution in [2.24, 2.45) is 0 Å². The second-order valence-corrected chi connectivity index (χ2v) is 7.15. The number of nitrogens with zero attached hydrogens (tertiary/aromatic N) is 2. The minimum atomic E-state index is -0.327. The molecule has 3 rings (SSSR count).